The SMILES string of the molecule is CCCCCCCCC(NC1CC(C)(C)N(C)C(C)(C)C1)P(=O)([O-])[O-]. The van der Waals surface area contributed by atoms with E-state index >= 15 is 0 Å². The minimum atomic E-state index is -4.63. The number of hydrogen-bond acceptors (Lipinski definition) is 5. The van der Waals surface area contributed by atoms with Crippen LogP contribution in [0.5, 0.6) is 0 Å². The van der Waals surface area contributed by atoms with Crippen LogP contribution in [0, 0.1) is 0 Å². The Hall–Kier alpha value is 0.0700. The summed E-state index contributed by atoms with van der Waals surface area (Å²) in [5.74, 6) is -0.932. The molecule has 0 radical (unpaired) electrons. The van der Waals surface area contributed by atoms with E-state index in [1.807, 2.05) is 0 Å². The van der Waals surface area contributed by atoms with Gasteiger partial charge in [0.1, 0.15) is 0 Å². The molecule has 0 saturated carbocycles. The fourth-order valence-corrected chi connectivity index (χ4v) is 5.10. The first-order chi connectivity index (χ1) is 11.4. The molecule has 25 heavy (non-hydrogen) atoms. The van der Waals surface area contributed by atoms with E-state index in [9.17, 15) is 14.4 Å². The molecule has 6 heteroatoms. The number of likely N-dealkylation sites (tertiary alicyclic amines) is 1. The van der Waals surface area contributed by atoms with Crippen molar-refractivity contribution in [3.8, 4) is 0 Å². The molecular formula is C19H39N2O3P-2. The lowest BCUT2D eigenvalue weighted by Crippen LogP contribution is -2.63. The molecule has 1 atom stereocenters. The quantitative estimate of drug-likeness (QED) is 0.469. The zero-order valence-electron chi connectivity index (χ0n) is 17.1. The van der Waals surface area contributed by atoms with E-state index < -0.39 is 13.4 Å². The molecule has 0 aliphatic carbocycles. The standard InChI is InChI=1S/C19H41N2O3P/c1-7-8-9-10-11-12-13-17(25(22,23)24)20-16-14-18(2,3)21(6)19(4,5)15-16/h16-17,20H,7-15H2,1-6H3,(H2,22,23,24)/p-2. The van der Waals surface area contributed by atoms with E-state index in [4.69, 9.17) is 0 Å². The summed E-state index contributed by atoms with van der Waals surface area (Å²) in [6.07, 6.45) is 8.67. The maximum absolute atomic E-state index is 11.8. The van der Waals surface area contributed by atoms with Crippen molar-refractivity contribution in [2.45, 2.75) is 115 Å². The van der Waals surface area contributed by atoms with Gasteiger partial charge in [0.05, 0.1) is 0 Å². The van der Waals surface area contributed by atoms with Gasteiger partial charge in [-0.1, -0.05) is 53.0 Å². The van der Waals surface area contributed by atoms with Gasteiger partial charge in [-0.15, -0.1) is 0 Å². The Kier molecular flexibility index (Phi) is 8.62. The van der Waals surface area contributed by atoms with Crippen molar-refractivity contribution in [3.05, 3.63) is 0 Å². The minimum absolute atomic E-state index is 0.0279. The maximum atomic E-state index is 11.8. The summed E-state index contributed by atoms with van der Waals surface area (Å²) < 4.78 is 11.8. The Labute approximate surface area is 155 Å². The molecule has 5 nitrogen and oxygen atoms in total. The lowest BCUT2D eigenvalue weighted by atomic mass is 9.77. The molecule has 1 aliphatic heterocycles. The molecule has 0 aromatic heterocycles. The van der Waals surface area contributed by atoms with Crippen molar-refractivity contribution >= 4 is 7.60 Å². The second-order valence-corrected chi connectivity index (χ2v) is 10.8. The molecule has 0 spiro atoms. The van der Waals surface area contributed by atoms with Crippen molar-refractivity contribution in [2.75, 3.05) is 7.05 Å². The normalized spacial score (nSPS) is 22.9. The third-order valence-corrected chi connectivity index (χ3v) is 7.12. The summed E-state index contributed by atoms with van der Waals surface area (Å²) in [5, 5.41) is 3.21. The number of hydrogen-bond donors (Lipinski definition) is 1. The maximum Gasteiger partial charge on any atom is 0.0348 e. The van der Waals surface area contributed by atoms with Gasteiger partial charge in [0, 0.05) is 22.9 Å². The van der Waals surface area contributed by atoms with Gasteiger partial charge >= 0.3 is 0 Å². The van der Waals surface area contributed by atoms with Gasteiger partial charge in [-0.3, -0.25) is 4.90 Å². The highest BCUT2D eigenvalue weighted by atomic mass is 31.2. The van der Waals surface area contributed by atoms with Gasteiger partial charge in [-0.25, -0.2) is 0 Å². The number of nitrogens with one attached hydrogen (secondary N) is 1. The molecule has 0 bridgehead atoms. The molecule has 1 N–H and O–H groups in total. The van der Waals surface area contributed by atoms with Crippen LogP contribution in [-0.4, -0.2) is 34.9 Å². The van der Waals surface area contributed by atoms with Crippen molar-refractivity contribution in [1.82, 2.24) is 10.2 Å². The van der Waals surface area contributed by atoms with Crippen molar-refractivity contribution in [2.24, 2.45) is 0 Å². The summed E-state index contributed by atoms with van der Waals surface area (Å²) in [7, 11) is -2.51. The van der Waals surface area contributed by atoms with E-state index in [-0.39, 0.29) is 17.1 Å². The van der Waals surface area contributed by atoms with Crippen LogP contribution in [0.2, 0.25) is 0 Å². The first-order valence-electron chi connectivity index (χ1n) is 9.92. The molecular weight excluding hydrogens is 335 g/mol. The highest BCUT2D eigenvalue weighted by Gasteiger charge is 2.43. The summed E-state index contributed by atoms with van der Waals surface area (Å²) >= 11 is 0. The molecule has 1 rings (SSSR count). The predicted molar refractivity (Wildman–Crippen MR) is 101 cm³/mol. The Morgan fingerprint density at radius 2 is 1.52 bits per heavy atom. The van der Waals surface area contributed by atoms with Crippen LogP contribution in [0.15, 0.2) is 0 Å². The van der Waals surface area contributed by atoms with E-state index in [1.54, 1.807) is 0 Å². The van der Waals surface area contributed by atoms with Crippen LogP contribution in [-0.2, 0) is 4.57 Å². The van der Waals surface area contributed by atoms with E-state index in [1.165, 1.54) is 19.3 Å². The second-order valence-electron chi connectivity index (χ2n) is 9.07. The number of piperidine rings is 1. The number of rotatable bonds is 10. The highest BCUT2D eigenvalue weighted by Crippen LogP contribution is 2.40. The summed E-state index contributed by atoms with van der Waals surface area (Å²) in [6.45, 7) is 10.9. The van der Waals surface area contributed by atoms with Crippen molar-refractivity contribution in [3.63, 3.8) is 0 Å². The van der Waals surface area contributed by atoms with Crippen molar-refractivity contribution in [1.29, 1.82) is 0 Å². The van der Waals surface area contributed by atoms with Crippen molar-refractivity contribution < 1.29 is 14.4 Å². The molecule has 0 aromatic carbocycles. The molecule has 1 heterocycles. The zero-order valence-corrected chi connectivity index (χ0v) is 18.0. The van der Waals surface area contributed by atoms with Crippen LogP contribution in [0.25, 0.3) is 0 Å². The molecule has 1 unspecified atom stereocenters. The van der Waals surface area contributed by atoms with Gasteiger partial charge in [0.15, 0.2) is 0 Å². The predicted octanol–water partition coefficient (Wildman–Crippen LogP) is 3.22. The Morgan fingerprint density at radius 1 is 1.04 bits per heavy atom. The third kappa shape index (κ3) is 7.30. The van der Waals surface area contributed by atoms with Crippen LogP contribution in [0.3, 0.4) is 0 Å². The fourth-order valence-electron chi connectivity index (χ4n) is 4.21. The zero-order chi connectivity index (χ0) is 19.3. The lowest BCUT2D eigenvalue weighted by Gasteiger charge is -2.55. The third-order valence-electron chi connectivity index (χ3n) is 5.95. The molecule has 1 aliphatic rings. The van der Waals surface area contributed by atoms with E-state index in [2.05, 4.69) is 51.9 Å². The van der Waals surface area contributed by atoms with Gasteiger partial charge in [-0.2, -0.15) is 0 Å². The summed E-state index contributed by atoms with van der Waals surface area (Å²) in [4.78, 5) is 25.9. The average Bonchev–Trinajstić information content (AvgIpc) is 2.45. The Bertz CT molecular complexity index is 430. The van der Waals surface area contributed by atoms with Gasteiger partial charge in [0.2, 0.25) is 0 Å². The number of nitrogens with zero attached hydrogens (tertiary/aromatic N) is 1. The molecule has 1 saturated heterocycles. The first kappa shape index (κ1) is 23.1. The Balaban J connectivity index is 2.62. The van der Waals surface area contributed by atoms with E-state index in [0.717, 1.165) is 32.1 Å². The van der Waals surface area contributed by atoms with Gasteiger partial charge in [0.25, 0.3) is 0 Å². The van der Waals surface area contributed by atoms with Gasteiger partial charge < -0.3 is 19.7 Å². The monoisotopic (exact) mass is 374 g/mol. The lowest BCUT2D eigenvalue weighted by molar-refractivity contribution is -0.317. The van der Waals surface area contributed by atoms with Gasteiger partial charge in [-0.05, 0) is 54.0 Å². The fraction of sp³-hybridized carbons (Fsp3) is 1.00. The van der Waals surface area contributed by atoms with Crippen LogP contribution in [0.1, 0.15) is 92.4 Å². The number of unbranched alkanes of at least 4 members (excludes halogenated alkanes) is 5. The second kappa shape index (κ2) is 9.32. The Morgan fingerprint density at radius 3 is 2.00 bits per heavy atom. The summed E-state index contributed by atoms with van der Waals surface area (Å²) in [5.41, 5.74) is -0.0558. The highest BCUT2D eigenvalue weighted by molar-refractivity contribution is 7.49. The average molecular weight is 375 g/mol. The largest absolute Gasteiger partial charge is 0.810 e. The van der Waals surface area contributed by atoms with Crippen LogP contribution >= 0.6 is 7.60 Å². The van der Waals surface area contributed by atoms with Crippen LogP contribution < -0.4 is 15.1 Å². The van der Waals surface area contributed by atoms with E-state index in [0.29, 0.717) is 6.42 Å². The first-order valence-corrected chi connectivity index (χ1v) is 11.5. The molecule has 1 fully saturated rings. The molecule has 0 amide bonds. The topological polar surface area (TPSA) is 78.5 Å². The summed E-state index contributed by atoms with van der Waals surface area (Å²) in [6, 6.07) is 0.0579. The molecule has 150 valence electrons. The smallest absolute Gasteiger partial charge is 0.0348 e. The minimum Gasteiger partial charge on any atom is -0.810 e. The van der Waals surface area contributed by atoms with Crippen LogP contribution in [0.4, 0.5) is 0 Å². The molecule has 0 aromatic rings.